The fraction of sp³-hybridized carbons (Fsp3) is 0.694. The summed E-state index contributed by atoms with van der Waals surface area (Å²) in [6, 6.07) is 0. The van der Waals surface area contributed by atoms with Crippen molar-refractivity contribution in [1.82, 2.24) is 0 Å². The molecule has 0 amide bonds. The fourth-order valence-electron chi connectivity index (χ4n) is 5.88. The molecule has 6 heteroatoms. The van der Waals surface area contributed by atoms with E-state index in [9.17, 15) is 14.4 Å². The average Bonchev–Trinajstić information content (AvgIpc) is 3.18. The van der Waals surface area contributed by atoms with Crippen LogP contribution in [0.4, 0.5) is 0 Å². The second kappa shape index (κ2) is 43.6. The fourth-order valence-corrected chi connectivity index (χ4v) is 5.88. The maximum absolute atomic E-state index is 12.7. The maximum atomic E-state index is 12.7. The lowest BCUT2D eigenvalue weighted by Crippen LogP contribution is -2.30. The van der Waals surface area contributed by atoms with Crippen LogP contribution in [0.1, 0.15) is 201 Å². The van der Waals surface area contributed by atoms with E-state index in [1.807, 2.05) is 0 Å². The van der Waals surface area contributed by atoms with Crippen LogP contribution in [0.3, 0.4) is 0 Å². The van der Waals surface area contributed by atoms with E-state index in [2.05, 4.69) is 93.7 Å². The van der Waals surface area contributed by atoms with Crippen molar-refractivity contribution in [3.05, 3.63) is 72.9 Å². The number of allylic oxidation sites excluding steroid dienone is 12. The van der Waals surface area contributed by atoms with Gasteiger partial charge in [-0.25, -0.2) is 0 Å². The number of rotatable bonds is 39. The summed E-state index contributed by atoms with van der Waals surface area (Å²) in [4.78, 5) is 37.7. The molecular formula is C49H82O6. The zero-order chi connectivity index (χ0) is 40.1. The van der Waals surface area contributed by atoms with Crippen LogP contribution in [0.15, 0.2) is 72.9 Å². The van der Waals surface area contributed by atoms with E-state index in [0.29, 0.717) is 19.3 Å². The quantitative estimate of drug-likeness (QED) is 0.0268. The first-order valence-electron chi connectivity index (χ1n) is 22.4. The van der Waals surface area contributed by atoms with Crippen LogP contribution in [0, 0.1) is 0 Å². The molecular weight excluding hydrogens is 685 g/mol. The number of unbranched alkanes of at least 4 members (excludes halogenated alkanes) is 16. The van der Waals surface area contributed by atoms with Crippen LogP contribution in [-0.2, 0) is 28.6 Å². The summed E-state index contributed by atoms with van der Waals surface area (Å²) in [5.41, 5.74) is 0. The zero-order valence-corrected chi connectivity index (χ0v) is 35.7. The van der Waals surface area contributed by atoms with Gasteiger partial charge in [-0.3, -0.25) is 14.4 Å². The second-order valence-corrected chi connectivity index (χ2v) is 14.5. The molecule has 0 fully saturated rings. The third kappa shape index (κ3) is 41.8. The van der Waals surface area contributed by atoms with Crippen molar-refractivity contribution in [3.8, 4) is 0 Å². The standard InChI is InChI=1S/C49H82O6/c1-4-7-10-13-16-19-21-23-24-25-26-28-30-33-36-39-42-48(51)54-45-46(44-53-47(50)41-38-35-32-29-18-15-12-9-6-3)55-49(52)43-40-37-34-31-27-22-20-17-14-11-8-5-2/h7-8,10-11,16-17,19-20,23-24,27,31,46H,4-6,9,12-15,18,21-22,25-26,28-30,32-45H2,1-3H3/b10-7-,11-8-,19-16-,20-17-,24-23-,31-27-. The van der Waals surface area contributed by atoms with Crippen LogP contribution in [0.2, 0.25) is 0 Å². The molecule has 314 valence electrons. The third-order valence-corrected chi connectivity index (χ3v) is 9.21. The van der Waals surface area contributed by atoms with E-state index in [4.69, 9.17) is 14.2 Å². The molecule has 0 aromatic heterocycles. The number of hydrogen-bond donors (Lipinski definition) is 0. The topological polar surface area (TPSA) is 78.9 Å². The molecule has 0 rings (SSSR count). The Labute approximate surface area is 338 Å². The van der Waals surface area contributed by atoms with Gasteiger partial charge >= 0.3 is 17.9 Å². The normalized spacial score (nSPS) is 12.7. The highest BCUT2D eigenvalue weighted by molar-refractivity contribution is 5.71. The Bertz CT molecular complexity index is 1070. The molecule has 0 bridgehead atoms. The van der Waals surface area contributed by atoms with E-state index in [1.165, 1.54) is 57.8 Å². The smallest absolute Gasteiger partial charge is 0.306 e. The van der Waals surface area contributed by atoms with Crippen molar-refractivity contribution in [1.29, 1.82) is 0 Å². The van der Waals surface area contributed by atoms with Crippen molar-refractivity contribution >= 4 is 17.9 Å². The molecule has 0 spiro atoms. The Morgan fingerprint density at radius 3 is 1.15 bits per heavy atom. The second-order valence-electron chi connectivity index (χ2n) is 14.5. The predicted molar refractivity (Wildman–Crippen MR) is 233 cm³/mol. The summed E-state index contributed by atoms with van der Waals surface area (Å²) in [5.74, 6) is -0.957. The van der Waals surface area contributed by atoms with Gasteiger partial charge in [0.2, 0.25) is 0 Å². The summed E-state index contributed by atoms with van der Waals surface area (Å²) in [6.07, 6.45) is 53.2. The van der Waals surface area contributed by atoms with Gasteiger partial charge in [0.05, 0.1) is 0 Å². The van der Waals surface area contributed by atoms with Crippen molar-refractivity contribution in [2.75, 3.05) is 13.2 Å². The molecule has 0 aromatic rings. The number of carbonyl (C=O) groups excluding carboxylic acids is 3. The lowest BCUT2D eigenvalue weighted by molar-refractivity contribution is -0.167. The zero-order valence-electron chi connectivity index (χ0n) is 35.7. The van der Waals surface area contributed by atoms with Crippen LogP contribution in [-0.4, -0.2) is 37.2 Å². The van der Waals surface area contributed by atoms with Gasteiger partial charge in [0.15, 0.2) is 6.10 Å². The van der Waals surface area contributed by atoms with E-state index in [0.717, 1.165) is 96.3 Å². The first-order valence-corrected chi connectivity index (χ1v) is 22.4. The van der Waals surface area contributed by atoms with Gasteiger partial charge < -0.3 is 14.2 Å². The predicted octanol–water partition coefficient (Wildman–Crippen LogP) is 14.3. The Kier molecular flexibility index (Phi) is 41.1. The van der Waals surface area contributed by atoms with E-state index < -0.39 is 6.10 Å². The molecule has 1 unspecified atom stereocenters. The lowest BCUT2D eigenvalue weighted by atomic mass is 10.1. The van der Waals surface area contributed by atoms with E-state index >= 15 is 0 Å². The highest BCUT2D eigenvalue weighted by atomic mass is 16.6. The molecule has 0 aromatic carbocycles. The van der Waals surface area contributed by atoms with Crippen molar-refractivity contribution in [2.24, 2.45) is 0 Å². The molecule has 0 aliphatic rings. The molecule has 1 atom stereocenters. The monoisotopic (exact) mass is 767 g/mol. The summed E-state index contributed by atoms with van der Waals surface area (Å²) in [7, 11) is 0. The van der Waals surface area contributed by atoms with Gasteiger partial charge in [-0.1, -0.05) is 171 Å². The molecule has 0 aliphatic carbocycles. The van der Waals surface area contributed by atoms with Crippen LogP contribution in [0.5, 0.6) is 0 Å². The summed E-state index contributed by atoms with van der Waals surface area (Å²) in [6.45, 7) is 6.32. The van der Waals surface area contributed by atoms with E-state index in [1.54, 1.807) is 0 Å². The van der Waals surface area contributed by atoms with Gasteiger partial charge in [0, 0.05) is 19.3 Å². The van der Waals surface area contributed by atoms with Crippen LogP contribution in [0.25, 0.3) is 0 Å². The Hall–Kier alpha value is -3.15. The van der Waals surface area contributed by atoms with Crippen molar-refractivity contribution < 1.29 is 28.6 Å². The third-order valence-electron chi connectivity index (χ3n) is 9.21. The van der Waals surface area contributed by atoms with Gasteiger partial charge in [-0.2, -0.15) is 0 Å². The molecule has 55 heavy (non-hydrogen) atoms. The molecule has 0 heterocycles. The molecule has 0 saturated heterocycles. The van der Waals surface area contributed by atoms with E-state index in [-0.39, 0.29) is 37.5 Å². The summed E-state index contributed by atoms with van der Waals surface area (Å²) < 4.78 is 16.6. The Morgan fingerprint density at radius 1 is 0.382 bits per heavy atom. The van der Waals surface area contributed by atoms with Crippen molar-refractivity contribution in [2.45, 2.75) is 207 Å². The van der Waals surface area contributed by atoms with Gasteiger partial charge in [0.25, 0.3) is 0 Å². The Morgan fingerprint density at radius 2 is 0.709 bits per heavy atom. The lowest BCUT2D eigenvalue weighted by Gasteiger charge is -2.18. The summed E-state index contributed by atoms with van der Waals surface area (Å²) in [5, 5.41) is 0. The number of esters is 3. The minimum atomic E-state index is -0.796. The molecule has 0 radical (unpaired) electrons. The van der Waals surface area contributed by atoms with Crippen molar-refractivity contribution in [3.63, 3.8) is 0 Å². The van der Waals surface area contributed by atoms with Crippen LogP contribution < -0.4 is 0 Å². The Balaban J connectivity index is 4.42. The average molecular weight is 767 g/mol. The first kappa shape index (κ1) is 51.9. The largest absolute Gasteiger partial charge is 0.462 e. The van der Waals surface area contributed by atoms with Gasteiger partial charge in [-0.15, -0.1) is 0 Å². The SMILES string of the molecule is CC/C=C\C/C=C\C/C=C\CCCCCCCCC(=O)OCC(COC(=O)CCCCCCCCCCC)OC(=O)CCCC/C=C\C/C=C\C/C=C\CC. The minimum Gasteiger partial charge on any atom is -0.462 e. The minimum absolute atomic E-state index is 0.0949. The molecule has 0 saturated carbocycles. The number of ether oxygens (including phenoxy) is 3. The number of hydrogen-bond acceptors (Lipinski definition) is 6. The highest BCUT2D eigenvalue weighted by Gasteiger charge is 2.19. The first-order chi connectivity index (χ1) is 27.0. The van der Waals surface area contributed by atoms with Gasteiger partial charge in [0.1, 0.15) is 13.2 Å². The maximum Gasteiger partial charge on any atom is 0.306 e. The van der Waals surface area contributed by atoms with Crippen LogP contribution >= 0.6 is 0 Å². The number of carbonyl (C=O) groups is 3. The molecule has 6 nitrogen and oxygen atoms in total. The molecule has 0 aliphatic heterocycles. The molecule has 0 N–H and O–H groups in total. The summed E-state index contributed by atoms with van der Waals surface area (Å²) >= 11 is 0. The van der Waals surface area contributed by atoms with Gasteiger partial charge in [-0.05, 0) is 83.5 Å². The highest BCUT2D eigenvalue weighted by Crippen LogP contribution is 2.13.